The monoisotopic (exact) mass is 606 g/mol. The van der Waals surface area contributed by atoms with Gasteiger partial charge in [0.1, 0.15) is 0 Å². The van der Waals surface area contributed by atoms with Crippen LogP contribution in [-0.4, -0.2) is 72.5 Å². The highest BCUT2D eigenvalue weighted by Gasteiger charge is 2.09. The molecule has 0 rings (SSSR count). The Kier molecular flexibility index (Phi) is 35.1. The molecule has 0 saturated heterocycles. The summed E-state index contributed by atoms with van der Waals surface area (Å²) in [7, 11) is 0. The van der Waals surface area contributed by atoms with Crippen molar-refractivity contribution in [3.8, 4) is 0 Å². The van der Waals surface area contributed by atoms with Gasteiger partial charge in [-0.1, -0.05) is 53.4 Å². The van der Waals surface area contributed by atoms with Crippen molar-refractivity contribution in [2.45, 2.75) is 130 Å². The van der Waals surface area contributed by atoms with E-state index in [2.05, 4.69) is 0 Å². The van der Waals surface area contributed by atoms with E-state index in [9.17, 15) is 28.8 Å². The molecule has 0 unspecified atom stereocenters. The van der Waals surface area contributed by atoms with E-state index < -0.39 is 11.9 Å². The average molecular weight is 607 g/mol. The van der Waals surface area contributed by atoms with Gasteiger partial charge in [-0.3, -0.25) is 28.8 Å². The van der Waals surface area contributed by atoms with Crippen LogP contribution in [0.4, 0.5) is 0 Å². The van der Waals surface area contributed by atoms with Gasteiger partial charge in [0.2, 0.25) is 0 Å². The van der Waals surface area contributed by atoms with Crippen molar-refractivity contribution in [2.24, 2.45) is 0 Å². The fourth-order valence-corrected chi connectivity index (χ4v) is 2.57. The molecule has 12 nitrogen and oxygen atoms in total. The second kappa shape index (κ2) is 34.0. The third-order valence-electron chi connectivity index (χ3n) is 5.14. The SMILES string of the molecule is CCCCOC(=O)CCC(=O)OCCCC.CCCCOC(=O)CCC(=O)OCCCC.O=C(O)CCCCC(=O)O. The zero-order chi connectivity index (χ0) is 32.4. The zero-order valence-corrected chi connectivity index (χ0v) is 26.1. The van der Waals surface area contributed by atoms with E-state index in [0.29, 0.717) is 39.3 Å². The third-order valence-corrected chi connectivity index (χ3v) is 5.14. The average Bonchev–Trinajstić information content (AvgIpc) is 2.94. The molecule has 0 amide bonds. The van der Waals surface area contributed by atoms with Crippen molar-refractivity contribution in [1.29, 1.82) is 0 Å². The summed E-state index contributed by atoms with van der Waals surface area (Å²) in [5.41, 5.74) is 0. The maximum atomic E-state index is 11.1. The Balaban J connectivity index is -0.000000560. The molecule has 0 fully saturated rings. The molecule has 0 aliphatic rings. The molecule has 2 N–H and O–H groups in total. The number of carbonyl (C=O) groups excluding carboxylic acids is 4. The van der Waals surface area contributed by atoms with Gasteiger partial charge >= 0.3 is 35.8 Å². The summed E-state index contributed by atoms with van der Waals surface area (Å²) in [5, 5.41) is 16.3. The summed E-state index contributed by atoms with van der Waals surface area (Å²) in [6.45, 7) is 9.89. The molecular formula is C30H54O12. The molecule has 0 aliphatic carbocycles. The summed E-state index contributed by atoms with van der Waals surface area (Å²) >= 11 is 0. The van der Waals surface area contributed by atoms with Gasteiger partial charge in [0.25, 0.3) is 0 Å². The maximum absolute atomic E-state index is 11.1. The van der Waals surface area contributed by atoms with Crippen molar-refractivity contribution in [1.82, 2.24) is 0 Å². The standard InChI is InChI=1S/2C12H22O4.C6H10O4/c2*1-3-5-9-15-11(13)7-8-12(14)16-10-6-4-2;7-5(8)3-1-2-4-6(9)10/h2*3-10H2,1-2H3;1-4H2,(H,7,8)(H,9,10). The van der Waals surface area contributed by atoms with E-state index in [1.54, 1.807) is 0 Å². The van der Waals surface area contributed by atoms with E-state index in [1.807, 2.05) is 27.7 Å². The number of hydrogen-bond acceptors (Lipinski definition) is 10. The predicted octanol–water partition coefficient (Wildman–Crippen LogP) is 5.62. The predicted molar refractivity (Wildman–Crippen MR) is 156 cm³/mol. The first-order chi connectivity index (χ1) is 20.0. The van der Waals surface area contributed by atoms with Crippen LogP contribution in [0.1, 0.15) is 130 Å². The first-order valence-electron chi connectivity index (χ1n) is 15.1. The van der Waals surface area contributed by atoms with Gasteiger partial charge in [-0.2, -0.15) is 0 Å². The molecule has 0 aromatic rings. The van der Waals surface area contributed by atoms with Gasteiger partial charge in [0.05, 0.1) is 52.1 Å². The van der Waals surface area contributed by atoms with Crippen molar-refractivity contribution in [2.75, 3.05) is 26.4 Å². The van der Waals surface area contributed by atoms with Crippen molar-refractivity contribution in [3.05, 3.63) is 0 Å². The second-order valence-electron chi connectivity index (χ2n) is 9.29. The molecule has 0 atom stereocenters. The summed E-state index contributed by atoms with van der Waals surface area (Å²) < 4.78 is 19.6. The fraction of sp³-hybridized carbons (Fsp3) is 0.800. The summed E-state index contributed by atoms with van der Waals surface area (Å²) in [5.74, 6) is -3.01. The number of aliphatic carboxylic acids is 2. The molecule has 0 heterocycles. The number of esters is 4. The van der Waals surface area contributed by atoms with Gasteiger partial charge in [-0.25, -0.2) is 0 Å². The lowest BCUT2D eigenvalue weighted by molar-refractivity contribution is -0.150. The molecular weight excluding hydrogens is 552 g/mol. The van der Waals surface area contributed by atoms with Crippen molar-refractivity contribution < 1.29 is 57.9 Å². The Morgan fingerprint density at radius 1 is 0.381 bits per heavy atom. The lowest BCUT2D eigenvalue weighted by Gasteiger charge is -2.04. The second-order valence-corrected chi connectivity index (χ2v) is 9.29. The highest BCUT2D eigenvalue weighted by atomic mass is 16.5. The smallest absolute Gasteiger partial charge is 0.306 e. The van der Waals surface area contributed by atoms with Crippen LogP contribution in [0, 0.1) is 0 Å². The molecule has 0 radical (unpaired) electrons. The normalized spacial score (nSPS) is 9.71. The third kappa shape index (κ3) is 41.3. The lowest BCUT2D eigenvalue weighted by atomic mass is 10.2. The van der Waals surface area contributed by atoms with Gasteiger partial charge in [-0.05, 0) is 38.5 Å². The summed E-state index contributed by atoms with van der Waals surface area (Å²) in [6.07, 6.45) is 8.94. The largest absolute Gasteiger partial charge is 0.481 e. The van der Waals surface area contributed by atoms with Crippen LogP contribution in [0.5, 0.6) is 0 Å². The molecule has 42 heavy (non-hydrogen) atoms. The van der Waals surface area contributed by atoms with E-state index in [-0.39, 0.29) is 62.4 Å². The van der Waals surface area contributed by atoms with E-state index >= 15 is 0 Å². The van der Waals surface area contributed by atoms with Gasteiger partial charge in [0, 0.05) is 12.8 Å². The molecule has 0 saturated carbocycles. The molecule has 0 aromatic carbocycles. The molecule has 0 aromatic heterocycles. The van der Waals surface area contributed by atoms with Crippen molar-refractivity contribution in [3.63, 3.8) is 0 Å². The molecule has 0 aliphatic heterocycles. The first kappa shape index (κ1) is 43.3. The molecule has 246 valence electrons. The van der Waals surface area contributed by atoms with E-state index in [4.69, 9.17) is 29.2 Å². The number of carbonyl (C=O) groups is 6. The van der Waals surface area contributed by atoms with Gasteiger partial charge in [-0.15, -0.1) is 0 Å². The Hall–Kier alpha value is -3.18. The molecule has 0 spiro atoms. The number of ether oxygens (including phenoxy) is 4. The van der Waals surface area contributed by atoms with Crippen LogP contribution in [0.15, 0.2) is 0 Å². The fourth-order valence-electron chi connectivity index (χ4n) is 2.57. The number of carboxylic acid groups (broad SMARTS) is 2. The van der Waals surface area contributed by atoms with Crippen LogP contribution in [-0.2, 0) is 47.7 Å². The number of unbranched alkanes of at least 4 members (excludes halogenated alkanes) is 5. The van der Waals surface area contributed by atoms with Gasteiger partial charge in [0.15, 0.2) is 0 Å². The zero-order valence-electron chi connectivity index (χ0n) is 26.1. The molecule has 12 heteroatoms. The Morgan fingerprint density at radius 2 is 0.595 bits per heavy atom. The van der Waals surface area contributed by atoms with Crippen LogP contribution >= 0.6 is 0 Å². The Morgan fingerprint density at radius 3 is 0.762 bits per heavy atom. The first-order valence-corrected chi connectivity index (χ1v) is 15.1. The minimum absolute atomic E-state index is 0.0628. The van der Waals surface area contributed by atoms with Crippen LogP contribution in [0.2, 0.25) is 0 Å². The summed E-state index contributed by atoms with van der Waals surface area (Å²) in [4.78, 5) is 64.3. The van der Waals surface area contributed by atoms with Crippen LogP contribution < -0.4 is 0 Å². The summed E-state index contributed by atoms with van der Waals surface area (Å²) in [6, 6.07) is 0. The highest BCUT2D eigenvalue weighted by Crippen LogP contribution is 2.01. The quantitative estimate of drug-likeness (QED) is 0.0833. The Bertz CT molecular complexity index is 617. The maximum Gasteiger partial charge on any atom is 0.306 e. The topological polar surface area (TPSA) is 180 Å². The lowest BCUT2D eigenvalue weighted by Crippen LogP contribution is -2.11. The van der Waals surface area contributed by atoms with Crippen molar-refractivity contribution >= 4 is 35.8 Å². The van der Waals surface area contributed by atoms with E-state index in [0.717, 1.165) is 51.4 Å². The van der Waals surface area contributed by atoms with E-state index in [1.165, 1.54) is 0 Å². The minimum atomic E-state index is -0.870. The minimum Gasteiger partial charge on any atom is -0.481 e. The highest BCUT2D eigenvalue weighted by molar-refractivity contribution is 5.78. The number of carboxylic acids is 2. The van der Waals surface area contributed by atoms with Crippen LogP contribution in [0.25, 0.3) is 0 Å². The van der Waals surface area contributed by atoms with Gasteiger partial charge < -0.3 is 29.2 Å². The van der Waals surface area contributed by atoms with Crippen LogP contribution in [0.3, 0.4) is 0 Å². The Labute approximate surface area is 250 Å². The number of hydrogen-bond donors (Lipinski definition) is 2. The number of rotatable bonds is 23. The molecule has 0 bridgehead atoms.